The highest BCUT2D eigenvalue weighted by atomic mass is 16.3. The molecule has 2 nitrogen and oxygen atoms in total. The first-order valence-corrected chi connectivity index (χ1v) is 6.49. The fraction of sp³-hybridized carbons (Fsp3) is 0.375. The summed E-state index contributed by atoms with van der Waals surface area (Å²) >= 11 is 0. The minimum atomic E-state index is -0.365. The predicted octanol–water partition coefficient (Wildman–Crippen LogP) is 3.22. The third-order valence-electron chi connectivity index (χ3n) is 3.27. The third kappa shape index (κ3) is 3.09. The molecule has 0 fully saturated rings. The number of aliphatic hydroxyl groups is 1. The number of nitrogens with zero attached hydrogens (tertiary/aromatic N) is 1. The standard InChI is InChI=1S/C16H21NO/c1-17(2)12-6-11-16(18)15-10-5-8-13-7-3-4-9-14(13)15/h3-5,7-10,16,18H,6,11-12H2,1-2H3. The zero-order chi connectivity index (χ0) is 13.0. The summed E-state index contributed by atoms with van der Waals surface area (Å²) in [5, 5.41) is 12.7. The maximum absolute atomic E-state index is 10.3. The Morgan fingerprint density at radius 1 is 1.06 bits per heavy atom. The van der Waals surface area contributed by atoms with Crippen molar-refractivity contribution in [1.82, 2.24) is 4.90 Å². The van der Waals surface area contributed by atoms with Crippen LogP contribution in [0.15, 0.2) is 42.5 Å². The van der Waals surface area contributed by atoms with Gasteiger partial charge in [0.15, 0.2) is 0 Å². The second-order valence-electron chi connectivity index (χ2n) is 5.03. The molecule has 0 radical (unpaired) electrons. The van der Waals surface area contributed by atoms with E-state index in [0.29, 0.717) is 0 Å². The summed E-state index contributed by atoms with van der Waals surface area (Å²) < 4.78 is 0. The summed E-state index contributed by atoms with van der Waals surface area (Å²) in [5.41, 5.74) is 1.05. The largest absolute Gasteiger partial charge is 0.388 e. The molecule has 0 aliphatic heterocycles. The highest BCUT2D eigenvalue weighted by Gasteiger charge is 2.10. The smallest absolute Gasteiger partial charge is 0.0796 e. The summed E-state index contributed by atoms with van der Waals surface area (Å²) in [6, 6.07) is 14.4. The highest BCUT2D eigenvalue weighted by molar-refractivity contribution is 5.85. The molecule has 0 aliphatic carbocycles. The van der Waals surface area contributed by atoms with Gasteiger partial charge in [0.1, 0.15) is 0 Å². The Morgan fingerprint density at radius 3 is 2.56 bits per heavy atom. The van der Waals surface area contributed by atoms with Gasteiger partial charge in [-0.15, -0.1) is 0 Å². The Morgan fingerprint density at radius 2 is 1.78 bits per heavy atom. The van der Waals surface area contributed by atoms with Crippen LogP contribution < -0.4 is 0 Å². The van der Waals surface area contributed by atoms with E-state index in [4.69, 9.17) is 0 Å². The minimum absolute atomic E-state index is 0.365. The summed E-state index contributed by atoms with van der Waals surface area (Å²) in [7, 11) is 4.12. The van der Waals surface area contributed by atoms with Gasteiger partial charge in [0, 0.05) is 0 Å². The average molecular weight is 243 g/mol. The van der Waals surface area contributed by atoms with Crippen LogP contribution in [0.5, 0.6) is 0 Å². The summed E-state index contributed by atoms with van der Waals surface area (Å²) in [6.45, 7) is 1.02. The van der Waals surface area contributed by atoms with Gasteiger partial charge in [0.05, 0.1) is 6.10 Å². The maximum Gasteiger partial charge on any atom is 0.0796 e. The lowest BCUT2D eigenvalue weighted by atomic mass is 9.98. The molecule has 0 saturated carbocycles. The monoisotopic (exact) mass is 243 g/mol. The molecular weight excluding hydrogens is 222 g/mol. The fourth-order valence-electron chi connectivity index (χ4n) is 2.30. The Balaban J connectivity index is 2.15. The second kappa shape index (κ2) is 5.98. The van der Waals surface area contributed by atoms with Crippen molar-refractivity contribution in [3.8, 4) is 0 Å². The van der Waals surface area contributed by atoms with Crippen LogP contribution in [0.1, 0.15) is 24.5 Å². The molecule has 2 aromatic rings. The first kappa shape index (κ1) is 13.1. The van der Waals surface area contributed by atoms with Crippen LogP contribution in [0, 0.1) is 0 Å². The van der Waals surface area contributed by atoms with Gasteiger partial charge in [0.25, 0.3) is 0 Å². The molecule has 96 valence electrons. The van der Waals surface area contributed by atoms with Crippen LogP contribution in [0.3, 0.4) is 0 Å². The molecule has 2 aromatic carbocycles. The molecule has 0 spiro atoms. The van der Waals surface area contributed by atoms with Gasteiger partial charge in [-0.1, -0.05) is 42.5 Å². The molecule has 1 unspecified atom stereocenters. The first-order chi connectivity index (χ1) is 8.68. The van der Waals surface area contributed by atoms with Crippen molar-refractivity contribution >= 4 is 10.8 Å². The van der Waals surface area contributed by atoms with Gasteiger partial charge in [-0.2, -0.15) is 0 Å². The van der Waals surface area contributed by atoms with Gasteiger partial charge >= 0.3 is 0 Å². The van der Waals surface area contributed by atoms with Gasteiger partial charge < -0.3 is 10.0 Å². The van der Waals surface area contributed by atoms with E-state index in [0.717, 1.165) is 30.3 Å². The van der Waals surface area contributed by atoms with Crippen molar-refractivity contribution in [1.29, 1.82) is 0 Å². The summed E-state index contributed by atoms with van der Waals surface area (Å²) in [4.78, 5) is 2.15. The van der Waals surface area contributed by atoms with Gasteiger partial charge in [0.2, 0.25) is 0 Å². The second-order valence-corrected chi connectivity index (χ2v) is 5.03. The fourth-order valence-corrected chi connectivity index (χ4v) is 2.30. The lowest BCUT2D eigenvalue weighted by Gasteiger charge is -2.15. The Kier molecular flexibility index (Phi) is 4.34. The zero-order valence-electron chi connectivity index (χ0n) is 11.1. The van der Waals surface area contributed by atoms with Crippen LogP contribution in [0.2, 0.25) is 0 Å². The molecule has 1 atom stereocenters. The first-order valence-electron chi connectivity index (χ1n) is 6.49. The number of hydrogen-bond donors (Lipinski definition) is 1. The number of hydrogen-bond acceptors (Lipinski definition) is 2. The number of fused-ring (bicyclic) bond motifs is 1. The normalized spacial score (nSPS) is 13.1. The summed E-state index contributed by atoms with van der Waals surface area (Å²) in [5.74, 6) is 0. The Bertz CT molecular complexity index is 502. The van der Waals surface area contributed by atoms with Crippen molar-refractivity contribution in [2.24, 2.45) is 0 Å². The van der Waals surface area contributed by atoms with Crippen molar-refractivity contribution in [2.45, 2.75) is 18.9 Å². The molecule has 2 rings (SSSR count). The number of aliphatic hydroxyl groups excluding tert-OH is 1. The number of benzene rings is 2. The van der Waals surface area contributed by atoms with E-state index in [9.17, 15) is 5.11 Å². The molecule has 0 amide bonds. The molecule has 1 N–H and O–H groups in total. The van der Waals surface area contributed by atoms with Gasteiger partial charge in [-0.25, -0.2) is 0 Å². The van der Waals surface area contributed by atoms with E-state index in [1.165, 1.54) is 5.39 Å². The average Bonchev–Trinajstić information content (AvgIpc) is 2.37. The SMILES string of the molecule is CN(C)CCCC(O)c1cccc2ccccc12. The Hall–Kier alpha value is -1.38. The van der Waals surface area contributed by atoms with Crippen molar-refractivity contribution in [2.75, 3.05) is 20.6 Å². The van der Waals surface area contributed by atoms with Gasteiger partial charge in [-0.3, -0.25) is 0 Å². The highest BCUT2D eigenvalue weighted by Crippen LogP contribution is 2.26. The Labute approximate surface area is 109 Å². The molecular formula is C16H21NO. The lowest BCUT2D eigenvalue weighted by molar-refractivity contribution is 0.162. The van der Waals surface area contributed by atoms with E-state index in [2.05, 4.69) is 37.2 Å². The van der Waals surface area contributed by atoms with Crippen molar-refractivity contribution in [3.63, 3.8) is 0 Å². The van der Waals surface area contributed by atoms with Crippen LogP contribution in [-0.2, 0) is 0 Å². The van der Waals surface area contributed by atoms with Crippen LogP contribution in [0.4, 0.5) is 0 Å². The maximum atomic E-state index is 10.3. The molecule has 0 heterocycles. The minimum Gasteiger partial charge on any atom is -0.388 e. The predicted molar refractivity (Wildman–Crippen MR) is 76.7 cm³/mol. The van der Waals surface area contributed by atoms with E-state index >= 15 is 0 Å². The van der Waals surface area contributed by atoms with E-state index in [1.54, 1.807) is 0 Å². The van der Waals surface area contributed by atoms with Crippen LogP contribution in [-0.4, -0.2) is 30.6 Å². The topological polar surface area (TPSA) is 23.5 Å². The van der Waals surface area contributed by atoms with Crippen LogP contribution >= 0.6 is 0 Å². The van der Waals surface area contributed by atoms with E-state index in [-0.39, 0.29) is 6.10 Å². The third-order valence-corrected chi connectivity index (χ3v) is 3.27. The molecule has 0 bridgehead atoms. The van der Waals surface area contributed by atoms with Gasteiger partial charge in [-0.05, 0) is 49.8 Å². The molecule has 2 heteroatoms. The van der Waals surface area contributed by atoms with E-state index < -0.39 is 0 Å². The molecule has 0 aliphatic rings. The van der Waals surface area contributed by atoms with Crippen molar-refractivity contribution < 1.29 is 5.11 Å². The zero-order valence-corrected chi connectivity index (χ0v) is 11.1. The summed E-state index contributed by atoms with van der Waals surface area (Å²) in [6.07, 6.45) is 1.46. The lowest BCUT2D eigenvalue weighted by Crippen LogP contribution is -2.13. The van der Waals surface area contributed by atoms with Crippen LogP contribution in [0.25, 0.3) is 10.8 Å². The molecule has 18 heavy (non-hydrogen) atoms. The number of rotatable bonds is 5. The van der Waals surface area contributed by atoms with E-state index in [1.807, 2.05) is 24.3 Å². The van der Waals surface area contributed by atoms with Crippen molar-refractivity contribution in [3.05, 3.63) is 48.0 Å². The molecule has 0 aromatic heterocycles. The molecule has 0 saturated heterocycles. The quantitative estimate of drug-likeness (QED) is 0.871.